The van der Waals surface area contributed by atoms with Crippen molar-refractivity contribution in [3.05, 3.63) is 0 Å². The average Bonchev–Trinajstić information content (AvgIpc) is 2.63. The second kappa shape index (κ2) is 4.12. The summed E-state index contributed by atoms with van der Waals surface area (Å²) in [4.78, 5) is 11.4. The molecule has 15 heavy (non-hydrogen) atoms. The molecule has 0 aromatic carbocycles. The molecule has 1 saturated carbocycles. The summed E-state index contributed by atoms with van der Waals surface area (Å²) in [6, 6.07) is 0. The predicted molar refractivity (Wildman–Crippen MR) is 60.2 cm³/mol. The van der Waals surface area contributed by atoms with Crippen LogP contribution in [0.4, 0.5) is 0 Å². The molecular weight excluding hydrogens is 188 g/mol. The fraction of sp³-hybridized carbons (Fsp3) is 0.917. The first-order valence-electron chi connectivity index (χ1n) is 6.14. The van der Waals surface area contributed by atoms with E-state index in [0.29, 0.717) is 5.92 Å². The summed E-state index contributed by atoms with van der Waals surface area (Å²) in [7, 11) is 0. The molecule has 0 radical (unpaired) electrons. The summed E-state index contributed by atoms with van der Waals surface area (Å²) in [5.74, 6) is 0.618. The summed E-state index contributed by atoms with van der Waals surface area (Å²) in [5.41, 5.74) is 5.62. The number of amides is 1. The normalized spacial score (nSPS) is 38.1. The van der Waals surface area contributed by atoms with Gasteiger partial charge in [0.25, 0.3) is 0 Å². The highest BCUT2D eigenvalue weighted by atomic mass is 16.1. The van der Waals surface area contributed by atoms with E-state index in [1.54, 1.807) is 0 Å². The molecular formula is C12H22N2O. The molecule has 1 heterocycles. The lowest BCUT2D eigenvalue weighted by molar-refractivity contribution is -0.125. The van der Waals surface area contributed by atoms with Crippen LogP contribution in [0.15, 0.2) is 0 Å². The fourth-order valence-corrected chi connectivity index (χ4v) is 3.46. The Morgan fingerprint density at radius 1 is 1.33 bits per heavy atom. The largest absolute Gasteiger partial charge is 0.369 e. The summed E-state index contributed by atoms with van der Waals surface area (Å²) in [6.07, 6.45) is 6.57. The van der Waals surface area contributed by atoms with Gasteiger partial charge in [0.2, 0.25) is 5.91 Å². The van der Waals surface area contributed by atoms with Crippen LogP contribution in [0.25, 0.3) is 0 Å². The molecule has 2 fully saturated rings. The molecule has 0 spiro atoms. The van der Waals surface area contributed by atoms with E-state index in [-0.39, 0.29) is 17.2 Å². The van der Waals surface area contributed by atoms with Crippen LogP contribution in [-0.4, -0.2) is 19.0 Å². The molecule has 3 heteroatoms. The van der Waals surface area contributed by atoms with Crippen LogP contribution in [0.2, 0.25) is 0 Å². The molecule has 1 amide bonds. The highest BCUT2D eigenvalue weighted by molar-refractivity contribution is 5.78. The second-order valence-corrected chi connectivity index (χ2v) is 5.43. The molecule has 3 N–H and O–H groups in total. The number of hydrogen-bond acceptors (Lipinski definition) is 2. The van der Waals surface area contributed by atoms with Gasteiger partial charge in [-0.1, -0.05) is 26.2 Å². The predicted octanol–water partition coefficient (Wildman–Crippen LogP) is 1.28. The van der Waals surface area contributed by atoms with Crippen LogP contribution in [0, 0.1) is 17.3 Å². The summed E-state index contributed by atoms with van der Waals surface area (Å²) >= 11 is 0. The third-order valence-corrected chi connectivity index (χ3v) is 4.53. The number of carbonyl (C=O) groups is 1. The topological polar surface area (TPSA) is 55.1 Å². The van der Waals surface area contributed by atoms with E-state index >= 15 is 0 Å². The van der Waals surface area contributed by atoms with E-state index in [0.717, 1.165) is 13.1 Å². The zero-order chi connectivity index (χ0) is 10.9. The lowest BCUT2D eigenvalue weighted by Gasteiger charge is -2.39. The van der Waals surface area contributed by atoms with Gasteiger partial charge in [-0.05, 0) is 24.2 Å². The highest BCUT2D eigenvalue weighted by Gasteiger charge is 2.47. The van der Waals surface area contributed by atoms with Gasteiger partial charge in [0.1, 0.15) is 0 Å². The Balaban J connectivity index is 2.12. The van der Waals surface area contributed by atoms with E-state index < -0.39 is 0 Å². The van der Waals surface area contributed by atoms with Crippen molar-refractivity contribution < 1.29 is 4.79 Å². The number of nitrogens with one attached hydrogen (secondary N) is 1. The summed E-state index contributed by atoms with van der Waals surface area (Å²) in [5, 5.41) is 3.34. The van der Waals surface area contributed by atoms with Crippen molar-refractivity contribution in [3.63, 3.8) is 0 Å². The van der Waals surface area contributed by atoms with Crippen LogP contribution in [0.5, 0.6) is 0 Å². The van der Waals surface area contributed by atoms with E-state index in [1.165, 1.54) is 32.1 Å². The third-order valence-electron chi connectivity index (χ3n) is 4.53. The van der Waals surface area contributed by atoms with Crippen LogP contribution in [0.3, 0.4) is 0 Å². The van der Waals surface area contributed by atoms with Crippen molar-refractivity contribution in [3.8, 4) is 0 Å². The number of hydrogen-bond donors (Lipinski definition) is 2. The lowest BCUT2D eigenvalue weighted by Crippen LogP contribution is -2.42. The Hall–Kier alpha value is -0.570. The number of rotatable bonds is 2. The zero-order valence-electron chi connectivity index (χ0n) is 9.59. The quantitative estimate of drug-likeness (QED) is 0.721. The summed E-state index contributed by atoms with van der Waals surface area (Å²) < 4.78 is 0. The van der Waals surface area contributed by atoms with Crippen LogP contribution in [-0.2, 0) is 4.79 Å². The maximum absolute atomic E-state index is 11.4. The van der Waals surface area contributed by atoms with Crippen molar-refractivity contribution in [1.29, 1.82) is 0 Å². The maximum Gasteiger partial charge on any atom is 0.222 e. The standard InChI is InChI=1S/C12H22N2O/c1-12(9-5-3-2-4-6-9)8-14-7-10(12)11(13)15/h9-10,14H,2-8H2,1H3,(H2,13,15). The van der Waals surface area contributed by atoms with Gasteiger partial charge in [-0.15, -0.1) is 0 Å². The van der Waals surface area contributed by atoms with Gasteiger partial charge in [0, 0.05) is 13.1 Å². The second-order valence-electron chi connectivity index (χ2n) is 5.43. The SMILES string of the molecule is CC1(C2CCCCC2)CNCC1C(N)=O. The van der Waals surface area contributed by atoms with Gasteiger partial charge in [-0.3, -0.25) is 4.79 Å². The first-order valence-corrected chi connectivity index (χ1v) is 6.14. The molecule has 2 aliphatic rings. The minimum atomic E-state index is -0.118. The van der Waals surface area contributed by atoms with Gasteiger partial charge < -0.3 is 11.1 Å². The lowest BCUT2D eigenvalue weighted by atomic mass is 9.64. The number of carbonyl (C=O) groups excluding carboxylic acids is 1. The Morgan fingerprint density at radius 2 is 2.00 bits per heavy atom. The number of primary amides is 1. The van der Waals surface area contributed by atoms with Gasteiger partial charge in [-0.25, -0.2) is 0 Å². The fourth-order valence-electron chi connectivity index (χ4n) is 3.46. The van der Waals surface area contributed by atoms with E-state index in [2.05, 4.69) is 12.2 Å². The molecule has 0 bridgehead atoms. The van der Waals surface area contributed by atoms with Gasteiger partial charge >= 0.3 is 0 Å². The molecule has 86 valence electrons. The van der Waals surface area contributed by atoms with Gasteiger partial charge in [0.05, 0.1) is 5.92 Å². The molecule has 0 aromatic heterocycles. The van der Waals surface area contributed by atoms with Gasteiger partial charge in [-0.2, -0.15) is 0 Å². The maximum atomic E-state index is 11.4. The Kier molecular flexibility index (Phi) is 3.01. The van der Waals surface area contributed by atoms with Crippen molar-refractivity contribution in [1.82, 2.24) is 5.32 Å². The Morgan fingerprint density at radius 3 is 2.60 bits per heavy atom. The minimum Gasteiger partial charge on any atom is -0.369 e. The third kappa shape index (κ3) is 1.89. The smallest absolute Gasteiger partial charge is 0.222 e. The molecule has 1 aliphatic carbocycles. The Labute approximate surface area is 91.8 Å². The highest BCUT2D eigenvalue weighted by Crippen LogP contribution is 2.45. The van der Waals surface area contributed by atoms with Crippen molar-refractivity contribution in [2.24, 2.45) is 23.0 Å². The molecule has 3 nitrogen and oxygen atoms in total. The average molecular weight is 210 g/mol. The monoisotopic (exact) mass is 210 g/mol. The van der Waals surface area contributed by atoms with Gasteiger partial charge in [0.15, 0.2) is 0 Å². The van der Waals surface area contributed by atoms with Crippen LogP contribution < -0.4 is 11.1 Å². The Bertz CT molecular complexity index is 248. The van der Waals surface area contributed by atoms with Crippen LogP contribution >= 0.6 is 0 Å². The van der Waals surface area contributed by atoms with Crippen LogP contribution in [0.1, 0.15) is 39.0 Å². The first kappa shape index (κ1) is 10.9. The first-order chi connectivity index (χ1) is 7.14. The van der Waals surface area contributed by atoms with E-state index in [1.807, 2.05) is 0 Å². The summed E-state index contributed by atoms with van der Waals surface area (Å²) in [6.45, 7) is 3.99. The number of nitrogens with two attached hydrogens (primary N) is 1. The van der Waals surface area contributed by atoms with E-state index in [4.69, 9.17) is 5.73 Å². The molecule has 2 rings (SSSR count). The molecule has 0 aromatic rings. The van der Waals surface area contributed by atoms with Crippen molar-refractivity contribution >= 4 is 5.91 Å². The molecule has 2 unspecified atom stereocenters. The van der Waals surface area contributed by atoms with Crippen molar-refractivity contribution in [2.75, 3.05) is 13.1 Å². The molecule has 1 saturated heterocycles. The van der Waals surface area contributed by atoms with Crippen molar-refractivity contribution in [2.45, 2.75) is 39.0 Å². The van der Waals surface area contributed by atoms with E-state index in [9.17, 15) is 4.79 Å². The molecule has 1 aliphatic heterocycles. The zero-order valence-corrected chi connectivity index (χ0v) is 9.59. The molecule has 2 atom stereocenters. The minimum absolute atomic E-state index is 0.0422.